The highest BCUT2D eigenvalue weighted by Gasteiger charge is 2.28. The highest BCUT2D eigenvalue weighted by Crippen LogP contribution is 2.22. The number of hydrogen-bond acceptors (Lipinski definition) is 3. The maximum absolute atomic E-state index is 11.9. The fourth-order valence-electron chi connectivity index (χ4n) is 2.61. The van der Waals surface area contributed by atoms with E-state index in [2.05, 4.69) is 5.32 Å². The molecule has 0 aromatic rings. The predicted molar refractivity (Wildman–Crippen MR) is 66.9 cm³/mol. The summed E-state index contributed by atoms with van der Waals surface area (Å²) in [7, 11) is 1.76. The summed E-state index contributed by atoms with van der Waals surface area (Å²) >= 11 is 0. The normalized spacial score (nSPS) is 28.9. The van der Waals surface area contributed by atoms with Crippen LogP contribution in [0.2, 0.25) is 0 Å². The largest absolute Gasteiger partial charge is 0.381 e. The van der Waals surface area contributed by atoms with Gasteiger partial charge in [-0.1, -0.05) is 0 Å². The molecule has 17 heavy (non-hydrogen) atoms. The van der Waals surface area contributed by atoms with E-state index in [0.29, 0.717) is 24.5 Å². The number of amides is 1. The van der Waals surface area contributed by atoms with Gasteiger partial charge in [0, 0.05) is 39.2 Å². The zero-order chi connectivity index (χ0) is 12.1. The molecule has 2 fully saturated rings. The Labute approximate surface area is 104 Å². The van der Waals surface area contributed by atoms with Crippen LogP contribution in [0.4, 0.5) is 0 Å². The van der Waals surface area contributed by atoms with Crippen LogP contribution in [-0.4, -0.2) is 49.7 Å². The third-order valence-electron chi connectivity index (χ3n) is 3.91. The van der Waals surface area contributed by atoms with Crippen molar-refractivity contribution < 1.29 is 9.53 Å². The Morgan fingerprint density at radius 1 is 1.29 bits per heavy atom. The fraction of sp³-hybridized carbons (Fsp3) is 0.923. The van der Waals surface area contributed by atoms with Gasteiger partial charge in [-0.25, -0.2) is 0 Å². The Balaban J connectivity index is 1.54. The van der Waals surface area contributed by atoms with Crippen LogP contribution in [0.25, 0.3) is 0 Å². The van der Waals surface area contributed by atoms with E-state index in [9.17, 15) is 4.79 Å². The lowest BCUT2D eigenvalue weighted by molar-refractivity contribution is -0.132. The van der Waals surface area contributed by atoms with Crippen LogP contribution in [0.15, 0.2) is 0 Å². The fourth-order valence-corrected chi connectivity index (χ4v) is 2.61. The number of nitrogens with one attached hydrogen (secondary N) is 1. The molecule has 0 radical (unpaired) electrons. The zero-order valence-electron chi connectivity index (χ0n) is 10.8. The molecule has 1 heterocycles. The van der Waals surface area contributed by atoms with Gasteiger partial charge < -0.3 is 15.0 Å². The molecule has 0 unspecified atom stereocenters. The molecule has 1 aliphatic heterocycles. The van der Waals surface area contributed by atoms with Crippen molar-refractivity contribution in [2.75, 3.05) is 26.7 Å². The lowest BCUT2D eigenvalue weighted by Gasteiger charge is -2.35. The summed E-state index contributed by atoms with van der Waals surface area (Å²) in [6, 6.07) is 0.564. The van der Waals surface area contributed by atoms with Crippen molar-refractivity contribution in [2.45, 2.75) is 50.7 Å². The quantitative estimate of drug-likeness (QED) is 0.784. The molecule has 1 N–H and O–H groups in total. The van der Waals surface area contributed by atoms with E-state index in [-0.39, 0.29) is 0 Å². The number of rotatable bonds is 5. The number of hydrogen-bond donors (Lipinski definition) is 1. The number of nitrogens with zero attached hydrogens (tertiary/aromatic N) is 1. The van der Waals surface area contributed by atoms with Gasteiger partial charge in [0.1, 0.15) is 0 Å². The summed E-state index contributed by atoms with van der Waals surface area (Å²) in [6.07, 6.45) is 6.90. The summed E-state index contributed by atoms with van der Waals surface area (Å²) in [5.41, 5.74) is 0. The number of piperidine rings is 1. The topological polar surface area (TPSA) is 41.6 Å². The van der Waals surface area contributed by atoms with E-state index < -0.39 is 0 Å². The second-order valence-corrected chi connectivity index (χ2v) is 5.17. The molecule has 4 heteroatoms. The smallest absolute Gasteiger partial charge is 0.223 e. The van der Waals surface area contributed by atoms with Crippen LogP contribution >= 0.6 is 0 Å². The maximum atomic E-state index is 11.9. The van der Waals surface area contributed by atoms with Crippen molar-refractivity contribution in [3.63, 3.8) is 0 Å². The van der Waals surface area contributed by atoms with Crippen molar-refractivity contribution in [1.82, 2.24) is 10.2 Å². The maximum Gasteiger partial charge on any atom is 0.223 e. The van der Waals surface area contributed by atoms with Gasteiger partial charge in [-0.2, -0.15) is 0 Å². The first-order chi connectivity index (χ1) is 8.29. The number of ether oxygens (including phenoxy) is 1. The summed E-state index contributed by atoms with van der Waals surface area (Å²) in [5.74, 6) is 0.319. The molecule has 2 rings (SSSR count). The molecule has 1 saturated carbocycles. The zero-order valence-corrected chi connectivity index (χ0v) is 10.8. The van der Waals surface area contributed by atoms with Gasteiger partial charge in [-0.3, -0.25) is 4.79 Å². The molecular formula is C13H24N2O2. The molecule has 0 atom stereocenters. The van der Waals surface area contributed by atoms with Crippen molar-refractivity contribution in [3.8, 4) is 0 Å². The predicted octanol–water partition coefficient (Wildman–Crippen LogP) is 1.16. The number of methoxy groups -OCH3 is 1. The van der Waals surface area contributed by atoms with Crippen molar-refractivity contribution in [3.05, 3.63) is 0 Å². The van der Waals surface area contributed by atoms with Crippen LogP contribution in [-0.2, 0) is 9.53 Å². The molecule has 1 amide bonds. The lowest BCUT2D eigenvalue weighted by Crippen LogP contribution is -2.46. The molecular weight excluding hydrogens is 216 g/mol. The van der Waals surface area contributed by atoms with Crippen LogP contribution in [0.1, 0.15) is 38.5 Å². The Hall–Kier alpha value is -0.610. The third kappa shape index (κ3) is 3.68. The second-order valence-electron chi connectivity index (χ2n) is 5.17. The van der Waals surface area contributed by atoms with Crippen molar-refractivity contribution >= 4 is 5.91 Å². The standard InChI is InChI=1S/C13H24N2O2/c1-17-12-9-11(10-12)14-6-5-13(16)15-7-3-2-4-8-15/h11-12,14H,2-10H2,1H3. The van der Waals surface area contributed by atoms with Crippen LogP contribution in [0, 0.1) is 0 Å². The molecule has 1 saturated heterocycles. The first-order valence-electron chi connectivity index (χ1n) is 6.83. The van der Waals surface area contributed by atoms with Crippen LogP contribution in [0.5, 0.6) is 0 Å². The summed E-state index contributed by atoms with van der Waals surface area (Å²) in [6.45, 7) is 2.75. The Bertz CT molecular complexity index is 246. The SMILES string of the molecule is COC1CC(NCCC(=O)N2CCCCC2)C1. The molecule has 2 aliphatic rings. The van der Waals surface area contributed by atoms with E-state index in [0.717, 1.165) is 32.5 Å². The van der Waals surface area contributed by atoms with E-state index in [1.807, 2.05) is 4.90 Å². The summed E-state index contributed by atoms with van der Waals surface area (Å²) in [4.78, 5) is 13.9. The minimum Gasteiger partial charge on any atom is -0.381 e. The van der Waals surface area contributed by atoms with E-state index in [1.54, 1.807) is 7.11 Å². The molecule has 0 bridgehead atoms. The van der Waals surface area contributed by atoms with E-state index in [4.69, 9.17) is 4.74 Å². The number of likely N-dealkylation sites (tertiary alicyclic amines) is 1. The minimum absolute atomic E-state index is 0.319. The Kier molecular flexibility index (Phi) is 4.80. The molecule has 4 nitrogen and oxygen atoms in total. The molecule has 98 valence electrons. The van der Waals surface area contributed by atoms with E-state index in [1.165, 1.54) is 19.3 Å². The molecule has 0 spiro atoms. The average molecular weight is 240 g/mol. The Morgan fingerprint density at radius 3 is 2.65 bits per heavy atom. The second kappa shape index (κ2) is 6.36. The lowest BCUT2D eigenvalue weighted by atomic mass is 9.89. The van der Waals surface area contributed by atoms with Gasteiger partial charge in [-0.05, 0) is 32.1 Å². The summed E-state index contributed by atoms with van der Waals surface area (Å²) in [5, 5.41) is 3.43. The van der Waals surface area contributed by atoms with Crippen LogP contribution in [0.3, 0.4) is 0 Å². The first-order valence-corrected chi connectivity index (χ1v) is 6.83. The van der Waals surface area contributed by atoms with Crippen LogP contribution < -0.4 is 5.32 Å². The van der Waals surface area contributed by atoms with Gasteiger partial charge >= 0.3 is 0 Å². The molecule has 0 aromatic carbocycles. The van der Waals surface area contributed by atoms with Gasteiger partial charge in [-0.15, -0.1) is 0 Å². The van der Waals surface area contributed by atoms with Gasteiger partial charge in [0.25, 0.3) is 0 Å². The third-order valence-corrected chi connectivity index (χ3v) is 3.91. The Morgan fingerprint density at radius 2 is 2.00 bits per heavy atom. The minimum atomic E-state index is 0.319. The van der Waals surface area contributed by atoms with Gasteiger partial charge in [0.15, 0.2) is 0 Å². The molecule has 1 aliphatic carbocycles. The highest BCUT2D eigenvalue weighted by atomic mass is 16.5. The number of carbonyl (C=O) groups excluding carboxylic acids is 1. The molecule has 0 aromatic heterocycles. The average Bonchev–Trinajstić information content (AvgIpc) is 2.33. The first kappa shape index (κ1) is 12.8. The van der Waals surface area contributed by atoms with Gasteiger partial charge in [0.05, 0.1) is 6.10 Å². The van der Waals surface area contributed by atoms with E-state index >= 15 is 0 Å². The number of carbonyl (C=O) groups is 1. The highest BCUT2D eigenvalue weighted by molar-refractivity contribution is 5.76. The monoisotopic (exact) mass is 240 g/mol. The van der Waals surface area contributed by atoms with Crippen molar-refractivity contribution in [1.29, 1.82) is 0 Å². The summed E-state index contributed by atoms with van der Waals surface area (Å²) < 4.78 is 5.22. The van der Waals surface area contributed by atoms with Gasteiger partial charge in [0.2, 0.25) is 5.91 Å². The van der Waals surface area contributed by atoms with Crippen molar-refractivity contribution in [2.24, 2.45) is 0 Å².